The van der Waals surface area contributed by atoms with E-state index in [9.17, 15) is 17.6 Å². The van der Waals surface area contributed by atoms with Crippen LogP contribution in [0.25, 0.3) is 0 Å². The molecule has 2 rings (SSSR count). The van der Waals surface area contributed by atoms with E-state index in [2.05, 4.69) is 0 Å². The molecule has 0 N–H and O–H groups in total. The molecule has 0 spiro atoms. The van der Waals surface area contributed by atoms with E-state index in [1.54, 1.807) is 0 Å². The minimum Gasteiger partial charge on any atom is -0.457 e. The average Bonchev–Trinajstić information content (AvgIpc) is 2.53. The predicted molar refractivity (Wildman–Crippen MR) is 87.8 cm³/mol. The molecular formula is C16H15ClFNO4S. The van der Waals surface area contributed by atoms with Crippen molar-refractivity contribution in [2.45, 2.75) is 11.5 Å². The highest BCUT2D eigenvalue weighted by Crippen LogP contribution is 2.19. The Morgan fingerprint density at radius 1 is 1.17 bits per heavy atom. The smallest absolute Gasteiger partial charge is 0.338 e. The first kappa shape index (κ1) is 18.4. The van der Waals surface area contributed by atoms with Gasteiger partial charge in [0.15, 0.2) is 0 Å². The number of ether oxygens (including phenoxy) is 1. The van der Waals surface area contributed by atoms with E-state index in [1.165, 1.54) is 50.5 Å². The highest BCUT2D eigenvalue weighted by Gasteiger charge is 2.18. The van der Waals surface area contributed by atoms with Gasteiger partial charge in [-0.15, -0.1) is 0 Å². The minimum absolute atomic E-state index is 0.0747. The van der Waals surface area contributed by atoms with Gasteiger partial charge in [-0.2, -0.15) is 0 Å². The third kappa shape index (κ3) is 4.11. The number of rotatable bonds is 5. The van der Waals surface area contributed by atoms with Crippen LogP contribution in [0.5, 0.6) is 0 Å². The van der Waals surface area contributed by atoms with Crippen molar-refractivity contribution in [3.8, 4) is 0 Å². The number of halogens is 2. The summed E-state index contributed by atoms with van der Waals surface area (Å²) in [4.78, 5) is 12.1. The molecule has 0 saturated carbocycles. The lowest BCUT2D eigenvalue weighted by atomic mass is 10.2. The van der Waals surface area contributed by atoms with Crippen LogP contribution in [-0.4, -0.2) is 32.8 Å². The molecule has 0 saturated heterocycles. The van der Waals surface area contributed by atoms with Crippen molar-refractivity contribution < 1.29 is 22.3 Å². The number of nitrogens with zero attached hydrogens (tertiary/aromatic N) is 1. The highest BCUT2D eigenvalue weighted by molar-refractivity contribution is 7.89. The van der Waals surface area contributed by atoms with Gasteiger partial charge in [0.1, 0.15) is 12.4 Å². The van der Waals surface area contributed by atoms with Gasteiger partial charge in [-0.3, -0.25) is 0 Å². The summed E-state index contributed by atoms with van der Waals surface area (Å²) in [6.45, 7) is -0.115. The van der Waals surface area contributed by atoms with E-state index in [4.69, 9.17) is 16.3 Å². The first-order valence-electron chi connectivity index (χ1n) is 6.85. The monoisotopic (exact) mass is 371 g/mol. The fraction of sp³-hybridized carbons (Fsp3) is 0.188. The molecule has 24 heavy (non-hydrogen) atoms. The second kappa shape index (κ2) is 7.29. The van der Waals surface area contributed by atoms with Gasteiger partial charge in [0.05, 0.1) is 15.5 Å². The first-order chi connectivity index (χ1) is 11.2. The van der Waals surface area contributed by atoms with Gasteiger partial charge in [0.2, 0.25) is 10.0 Å². The summed E-state index contributed by atoms with van der Waals surface area (Å²) in [5, 5.41) is 0.162. The molecule has 0 aliphatic rings. The van der Waals surface area contributed by atoms with Crippen molar-refractivity contribution in [1.82, 2.24) is 4.31 Å². The van der Waals surface area contributed by atoms with Gasteiger partial charge < -0.3 is 4.74 Å². The molecule has 0 fully saturated rings. The van der Waals surface area contributed by atoms with E-state index in [1.807, 2.05) is 0 Å². The van der Waals surface area contributed by atoms with Crippen molar-refractivity contribution >= 4 is 27.6 Å². The lowest BCUT2D eigenvalue weighted by Gasteiger charge is -2.11. The zero-order valence-electron chi connectivity index (χ0n) is 13.0. The summed E-state index contributed by atoms with van der Waals surface area (Å²) in [6, 6.07) is 9.17. The zero-order valence-corrected chi connectivity index (χ0v) is 14.6. The summed E-state index contributed by atoms with van der Waals surface area (Å²) < 4.78 is 43.0. The van der Waals surface area contributed by atoms with Crippen molar-refractivity contribution in [2.24, 2.45) is 0 Å². The Labute approximate surface area is 144 Å². The Balaban J connectivity index is 2.08. The quantitative estimate of drug-likeness (QED) is 0.758. The van der Waals surface area contributed by atoms with E-state index in [-0.39, 0.29) is 22.1 Å². The average molecular weight is 372 g/mol. The van der Waals surface area contributed by atoms with E-state index >= 15 is 0 Å². The molecule has 0 bridgehead atoms. The molecule has 5 nitrogen and oxygen atoms in total. The van der Waals surface area contributed by atoms with Crippen molar-refractivity contribution in [2.75, 3.05) is 14.1 Å². The van der Waals surface area contributed by atoms with Gasteiger partial charge in [0.25, 0.3) is 0 Å². The number of carbonyl (C=O) groups is 1. The Kier molecular flexibility index (Phi) is 5.58. The van der Waals surface area contributed by atoms with Gasteiger partial charge in [-0.05, 0) is 36.4 Å². The fourth-order valence-electron chi connectivity index (χ4n) is 1.84. The first-order valence-corrected chi connectivity index (χ1v) is 8.67. The highest BCUT2D eigenvalue weighted by atomic mass is 35.5. The summed E-state index contributed by atoms with van der Waals surface area (Å²) >= 11 is 5.86. The molecule has 128 valence electrons. The SMILES string of the molecule is CN(C)S(=O)(=O)c1ccc(C(=O)OCc2ccc(F)cc2Cl)cc1. The van der Waals surface area contributed by atoms with Crippen LogP contribution >= 0.6 is 11.6 Å². The van der Waals surface area contributed by atoms with Crippen molar-refractivity contribution in [3.63, 3.8) is 0 Å². The molecule has 0 atom stereocenters. The maximum atomic E-state index is 13.0. The zero-order chi connectivity index (χ0) is 17.9. The molecule has 0 unspecified atom stereocenters. The van der Waals surface area contributed by atoms with Crippen LogP contribution in [0.4, 0.5) is 4.39 Å². The van der Waals surface area contributed by atoms with E-state index < -0.39 is 21.8 Å². The number of benzene rings is 2. The van der Waals surface area contributed by atoms with Crippen LogP contribution < -0.4 is 0 Å². The summed E-state index contributed by atoms with van der Waals surface area (Å²) in [7, 11) is -0.715. The van der Waals surface area contributed by atoms with Crippen LogP contribution in [0, 0.1) is 5.82 Å². The van der Waals surface area contributed by atoms with Gasteiger partial charge in [-0.1, -0.05) is 17.7 Å². The Morgan fingerprint density at radius 3 is 2.33 bits per heavy atom. The fourth-order valence-corrected chi connectivity index (χ4v) is 2.96. The molecule has 8 heteroatoms. The summed E-state index contributed by atoms with van der Waals surface area (Å²) in [5.41, 5.74) is 0.671. The molecule has 0 amide bonds. The van der Waals surface area contributed by atoms with Gasteiger partial charge >= 0.3 is 5.97 Å². The summed E-state index contributed by atoms with van der Waals surface area (Å²) in [5.74, 6) is -1.11. The Bertz CT molecular complexity index is 851. The predicted octanol–water partition coefficient (Wildman–Crippen LogP) is 3.09. The molecular weight excluding hydrogens is 357 g/mol. The van der Waals surface area contributed by atoms with Crippen LogP contribution in [0.1, 0.15) is 15.9 Å². The molecule has 0 aliphatic carbocycles. The van der Waals surface area contributed by atoms with Crippen LogP contribution in [0.15, 0.2) is 47.4 Å². The van der Waals surface area contributed by atoms with Crippen LogP contribution in [0.2, 0.25) is 5.02 Å². The Morgan fingerprint density at radius 2 is 1.79 bits per heavy atom. The number of hydrogen-bond donors (Lipinski definition) is 0. The molecule has 0 aliphatic heterocycles. The second-order valence-electron chi connectivity index (χ2n) is 5.12. The van der Waals surface area contributed by atoms with Crippen LogP contribution in [0.3, 0.4) is 0 Å². The third-order valence-electron chi connectivity index (χ3n) is 3.24. The third-order valence-corrected chi connectivity index (χ3v) is 5.42. The maximum absolute atomic E-state index is 13.0. The number of esters is 1. The molecule has 2 aromatic carbocycles. The normalized spacial score (nSPS) is 11.5. The molecule has 0 heterocycles. The lowest BCUT2D eigenvalue weighted by molar-refractivity contribution is 0.0472. The van der Waals surface area contributed by atoms with Crippen molar-refractivity contribution in [3.05, 3.63) is 64.4 Å². The minimum atomic E-state index is -3.56. The van der Waals surface area contributed by atoms with E-state index in [0.717, 1.165) is 10.4 Å². The van der Waals surface area contributed by atoms with Crippen molar-refractivity contribution in [1.29, 1.82) is 0 Å². The number of carbonyl (C=O) groups excluding carboxylic acids is 1. The maximum Gasteiger partial charge on any atom is 0.338 e. The molecule has 0 aromatic heterocycles. The lowest BCUT2D eigenvalue weighted by Crippen LogP contribution is -2.22. The second-order valence-corrected chi connectivity index (χ2v) is 7.68. The molecule has 2 aromatic rings. The topological polar surface area (TPSA) is 63.7 Å². The summed E-state index contributed by atoms with van der Waals surface area (Å²) in [6.07, 6.45) is 0. The largest absolute Gasteiger partial charge is 0.457 e. The standard InChI is InChI=1S/C16H15ClFNO4S/c1-19(2)24(21,22)14-7-4-11(5-8-14)16(20)23-10-12-3-6-13(18)9-15(12)17/h3-9H,10H2,1-2H3. The molecule has 0 radical (unpaired) electrons. The van der Waals surface area contributed by atoms with Crippen LogP contribution in [-0.2, 0) is 21.4 Å². The van der Waals surface area contributed by atoms with Gasteiger partial charge in [0, 0.05) is 19.7 Å². The van der Waals surface area contributed by atoms with Gasteiger partial charge in [-0.25, -0.2) is 21.9 Å². The Hall–Kier alpha value is -1.96. The number of hydrogen-bond acceptors (Lipinski definition) is 4. The van der Waals surface area contributed by atoms with E-state index in [0.29, 0.717) is 5.56 Å². The number of sulfonamides is 1.